The molecule has 0 radical (unpaired) electrons. The zero-order chi connectivity index (χ0) is 13.0. The average Bonchev–Trinajstić information content (AvgIpc) is 2.79. The lowest BCUT2D eigenvalue weighted by atomic mass is 9.56. The molecule has 102 valence electrons. The van der Waals surface area contributed by atoms with Gasteiger partial charge in [-0.1, -0.05) is 37.1 Å². The van der Waals surface area contributed by atoms with Crippen LogP contribution in [0, 0.1) is 24.2 Å². The Bertz CT molecular complexity index is 501. The van der Waals surface area contributed by atoms with Gasteiger partial charge in [0, 0.05) is 0 Å². The summed E-state index contributed by atoms with van der Waals surface area (Å²) < 4.78 is 0. The number of hydrogen-bond donors (Lipinski definition) is 0. The van der Waals surface area contributed by atoms with Crippen LogP contribution in [0.4, 0.5) is 0 Å². The molecule has 0 nitrogen and oxygen atoms in total. The van der Waals surface area contributed by atoms with Gasteiger partial charge < -0.3 is 0 Å². The second-order valence-corrected chi connectivity index (χ2v) is 7.70. The van der Waals surface area contributed by atoms with E-state index in [0.29, 0.717) is 5.41 Å². The van der Waals surface area contributed by atoms with Crippen LogP contribution in [-0.2, 0) is 6.42 Å². The van der Waals surface area contributed by atoms with Crippen LogP contribution >= 0.6 is 0 Å². The van der Waals surface area contributed by atoms with Crippen LogP contribution in [0.1, 0.15) is 68.1 Å². The third-order valence-electron chi connectivity index (χ3n) is 6.66. The summed E-state index contributed by atoms with van der Waals surface area (Å²) in [5, 5.41) is 0. The van der Waals surface area contributed by atoms with Crippen molar-refractivity contribution in [3.05, 3.63) is 34.9 Å². The highest BCUT2D eigenvalue weighted by molar-refractivity contribution is 5.37. The predicted octanol–water partition coefficient (Wildman–Crippen LogP) is 5.24. The van der Waals surface area contributed by atoms with Crippen molar-refractivity contribution in [3.63, 3.8) is 0 Å². The molecule has 0 aliphatic heterocycles. The van der Waals surface area contributed by atoms with Gasteiger partial charge in [-0.05, 0) is 79.7 Å². The summed E-state index contributed by atoms with van der Waals surface area (Å²) in [5.74, 6) is 2.91. The van der Waals surface area contributed by atoms with Crippen LogP contribution in [0.2, 0.25) is 0 Å². The lowest BCUT2D eigenvalue weighted by molar-refractivity contribution is 0.0598. The molecular formula is C19H26. The Morgan fingerprint density at radius 1 is 1.11 bits per heavy atom. The molecule has 2 saturated carbocycles. The van der Waals surface area contributed by atoms with Crippen LogP contribution < -0.4 is 0 Å². The van der Waals surface area contributed by atoms with E-state index in [4.69, 9.17) is 0 Å². The van der Waals surface area contributed by atoms with E-state index in [1.165, 1.54) is 50.5 Å². The van der Waals surface area contributed by atoms with Gasteiger partial charge in [0.05, 0.1) is 0 Å². The second kappa shape index (κ2) is 4.11. The number of aryl methyl sites for hydroxylation is 2. The molecule has 4 rings (SSSR count). The summed E-state index contributed by atoms with van der Waals surface area (Å²) in [4.78, 5) is 0. The van der Waals surface area contributed by atoms with Crippen LogP contribution in [0.25, 0.3) is 0 Å². The first-order valence-electron chi connectivity index (χ1n) is 8.27. The first kappa shape index (κ1) is 12.0. The molecule has 4 unspecified atom stereocenters. The number of rotatable bonds is 0. The van der Waals surface area contributed by atoms with E-state index in [1.807, 2.05) is 0 Å². The van der Waals surface area contributed by atoms with E-state index in [-0.39, 0.29) is 0 Å². The van der Waals surface area contributed by atoms with Crippen LogP contribution in [0.5, 0.6) is 0 Å². The summed E-state index contributed by atoms with van der Waals surface area (Å²) in [7, 11) is 0. The molecule has 1 aromatic rings. The predicted molar refractivity (Wildman–Crippen MR) is 80.4 cm³/mol. The van der Waals surface area contributed by atoms with E-state index >= 15 is 0 Å². The Hall–Kier alpha value is -0.780. The highest BCUT2D eigenvalue weighted by atomic mass is 14.5. The van der Waals surface area contributed by atoms with Crippen molar-refractivity contribution in [2.24, 2.45) is 17.3 Å². The summed E-state index contributed by atoms with van der Waals surface area (Å²) in [6, 6.07) is 7.25. The molecule has 0 saturated heterocycles. The van der Waals surface area contributed by atoms with Gasteiger partial charge >= 0.3 is 0 Å². The lowest BCUT2D eigenvalue weighted by Crippen LogP contribution is -2.39. The number of fused-ring (bicyclic) bond motifs is 5. The van der Waals surface area contributed by atoms with Gasteiger partial charge in [-0.15, -0.1) is 0 Å². The molecule has 0 heterocycles. The fourth-order valence-electron chi connectivity index (χ4n) is 5.70. The van der Waals surface area contributed by atoms with Crippen LogP contribution in [0.15, 0.2) is 18.2 Å². The van der Waals surface area contributed by atoms with Gasteiger partial charge in [0.1, 0.15) is 0 Å². The minimum Gasteiger partial charge on any atom is -0.0594 e. The molecule has 4 atom stereocenters. The molecule has 1 aromatic carbocycles. The van der Waals surface area contributed by atoms with E-state index in [1.54, 1.807) is 11.1 Å². The highest BCUT2D eigenvalue weighted by Crippen LogP contribution is 2.60. The third-order valence-corrected chi connectivity index (χ3v) is 6.66. The fraction of sp³-hybridized carbons (Fsp3) is 0.684. The minimum absolute atomic E-state index is 0.698. The lowest BCUT2D eigenvalue weighted by Gasteiger charge is -2.49. The monoisotopic (exact) mass is 254 g/mol. The van der Waals surface area contributed by atoms with E-state index in [2.05, 4.69) is 32.0 Å². The Balaban J connectivity index is 1.72. The quantitative estimate of drug-likeness (QED) is 0.594. The Labute approximate surface area is 117 Å². The van der Waals surface area contributed by atoms with Crippen molar-refractivity contribution >= 4 is 0 Å². The zero-order valence-electron chi connectivity index (χ0n) is 12.4. The minimum atomic E-state index is 0.698. The second-order valence-electron chi connectivity index (χ2n) is 7.70. The number of benzene rings is 1. The van der Waals surface area contributed by atoms with E-state index in [9.17, 15) is 0 Å². The van der Waals surface area contributed by atoms with Crippen molar-refractivity contribution in [2.75, 3.05) is 0 Å². The SMILES string of the molecule is Cc1ccc2c(c1)CCC1C2CCC2(C)CCCC12. The molecule has 0 bridgehead atoms. The Morgan fingerprint density at radius 3 is 2.89 bits per heavy atom. The summed E-state index contributed by atoms with van der Waals surface area (Å²) in [5.41, 5.74) is 5.53. The topological polar surface area (TPSA) is 0 Å². The maximum atomic E-state index is 2.59. The number of hydrogen-bond acceptors (Lipinski definition) is 0. The van der Waals surface area contributed by atoms with Gasteiger partial charge in [0.25, 0.3) is 0 Å². The molecule has 2 fully saturated rings. The van der Waals surface area contributed by atoms with Gasteiger partial charge in [-0.2, -0.15) is 0 Å². The molecule has 19 heavy (non-hydrogen) atoms. The normalized spacial score (nSPS) is 40.4. The van der Waals surface area contributed by atoms with Gasteiger partial charge in [-0.25, -0.2) is 0 Å². The molecule has 0 aromatic heterocycles. The molecule has 0 heteroatoms. The molecular weight excluding hydrogens is 228 g/mol. The summed E-state index contributed by atoms with van der Waals surface area (Å²) in [6.07, 6.45) is 10.2. The third kappa shape index (κ3) is 1.72. The summed E-state index contributed by atoms with van der Waals surface area (Å²) >= 11 is 0. The van der Waals surface area contributed by atoms with Crippen molar-refractivity contribution in [1.29, 1.82) is 0 Å². The first-order valence-corrected chi connectivity index (χ1v) is 8.27. The zero-order valence-corrected chi connectivity index (χ0v) is 12.4. The van der Waals surface area contributed by atoms with Gasteiger partial charge in [-0.3, -0.25) is 0 Å². The van der Waals surface area contributed by atoms with Crippen LogP contribution in [-0.4, -0.2) is 0 Å². The van der Waals surface area contributed by atoms with Gasteiger partial charge in [0.2, 0.25) is 0 Å². The van der Waals surface area contributed by atoms with Crippen LogP contribution in [0.3, 0.4) is 0 Å². The molecule has 3 aliphatic rings. The van der Waals surface area contributed by atoms with Crippen molar-refractivity contribution in [3.8, 4) is 0 Å². The Kier molecular flexibility index (Phi) is 2.59. The van der Waals surface area contributed by atoms with E-state index < -0.39 is 0 Å². The molecule has 0 spiro atoms. The average molecular weight is 254 g/mol. The first-order chi connectivity index (χ1) is 9.17. The maximum absolute atomic E-state index is 2.59. The largest absolute Gasteiger partial charge is 0.0594 e. The fourth-order valence-corrected chi connectivity index (χ4v) is 5.70. The molecule has 3 aliphatic carbocycles. The van der Waals surface area contributed by atoms with Crippen molar-refractivity contribution < 1.29 is 0 Å². The smallest absolute Gasteiger partial charge is 0.0128 e. The van der Waals surface area contributed by atoms with E-state index in [0.717, 1.165) is 17.8 Å². The van der Waals surface area contributed by atoms with Crippen molar-refractivity contribution in [1.82, 2.24) is 0 Å². The summed E-state index contributed by atoms with van der Waals surface area (Å²) in [6.45, 7) is 4.83. The molecule has 0 N–H and O–H groups in total. The highest BCUT2D eigenvalue weighted by Gasteiger charge is 2.49. The van der Waals surface area contributed by atoms with Gasteiger partial charge in [0.15, 0.2) is 0 Å². The van der Waals surface area contributed by atoms with Crippen molar-refractivity contribution in [2.45, 2.75) is 64.7 Å². The Morgan fingerprint density at radius 2 is 2.00 bits per heavy atom. The standard InChI is InChI=1S/C19H26/c1-13-5-7-15-14(12-13)6-8-17-16(15)9-11-19(2)10-3-4-18(17)19/h5,7,12,16-18H,3-4,6,8-11H2,1-2H3. The maximum Gasteiger partial charge on any atom is -0.0128 e. The molecule has 0 amide bonds.